The molecule has 1 unspecified atom stereocenters. The smallest absolute Gasteiger partial charge is 0.225 e. The number of nitrogens with one attached hydrogen (secondary N) is 2. The van der Waals surface area contributed by atoms with Crippen molar-refractivity contribution in [3.8, 4) is 0 Å². The Morgan fingerprint density at radius 2 is 1.79 bits per heavy atom. The van der Waals surface area contributed by atoms with Crippen molar-refractivity contribution in [1.82, 2.24) is 30.3 Å². The van der Waals surface area contributed by atoms with Crippen LogP contribution in [0.15, 0.2) is 4.99 Å². The van der Waals surface area contributed by atoms with E-state index in [1.807, 2.05) is 18.5 Å². The fourth-order valence-electron chi connectivity index (χ4n) is 4.17. The number of aryl methyl sites for hydroxylation is 1. The molecule has 3 aliphatic rings. The lowest BCUT2D eigenvalue weighted by Crippen LogP contribution is -2.46. The predicted molar refractivity (Wildman–Crippen MR) is 123 cm³/mol. The lowest BCUT2D eigenvalue weighted by Gasteiger charge is -2.26. The molecule has 0 bridgehead atoms. The molecule has 1 aromatic rings. The van der Waals surface area contributed by atoms with Crippen molar-refractivity contribution in [2.24, 2.45) is 18.0 Å². The van der Waals surface area contributed by atoms with Gasteiger partial charge in [-0.05, 0) is 39.0 Å². The number of amides is 1. The molecule has 2 aliphatic carbocycles. The highest BCUT2D eigenvalue weighted by Gasteiger charge is 2.32. The second-order valence-electron chi connectivity index (χ2n) is 8.56. The molecular formula is C20H34IN7O. The standard InChI is InChI=1S/C20H33N7O.HI/c1-14-24-25-18(26(14)2)12-21-20(22-16-8-9-16)23-17-10-11-27(13-17)19(28)15-6-4-3-5-7-15;/h15-17H,3-13H2,1-2H3,(H2,21,22,23);1H. The van der Waals surface area contributed by atoms with E-state index >= 15 is 0 Å². The van der Waals surface area contributed by atoms with Crippen LogP contribution in [-0.4, -0.2) is 56.7 Å². The van der Waals surface area contributed by atoms with Gasteiger partial charge in [0.2, 0.25) is 5.91 Å². The van der Waals surface area contributed by atoms with Crippen LogP contribution in [0.2, 0.25) is 0 Å². The van der Waals surface area contributed by atoms with E-state index < -0.39 is 0 Å². The first-order valence-corrected chi connectivity index (χ1v) is 10.8. The van der Waals surface area contributed by atoms with Gasteiger partial charge in [-0.1, -0.05) is 19.3 Å². The summed E-state index contributed by atoms with van der Waals surface area (Å²) in [6.07, 6.45) is 9.20. The SMILES string of the molecule is Cc1nnc(CN=C(NC2CC2)NC2CCN(C(=O)C3CCCCC3)C2)n1C.I. The number of hydrogen-bond donors (Lipinski definition) is 2. The van der Waals surface area contributed by atoms with E-state index in [0.29, 0.717) is 18.5 Å². The van der Waals surface area contributed by atoms with E-state index in [-0.39, 0.29) is 35.9 Å². The van der Waals surface area contributed by atoms with Gasteiger partial charge in [-0.3, -0.25) is 4.79 Å². The summed E-state index contributed by atoms with van der Waals surface area (Å²) < 4.78 is 1.97. The maximum atomic E-state index is 12.8. The zero-order valence-electron chi connectivity index (χ0n) is 17.6. The van der Waals surface area contributed by atoms with E-state index in [2.05, 4.69) is 25.7 Å². The molecule has 2 heterocycles. The van der Waals surface area contributed by atoms with Crippen LogP contribution in [0.4, 0.5) is 0 Å². The van der Waals surface area contributed by atoms with Crippen LogP contribution in [0.1, 0.15) is 63.0 Å². The Balaban J connectivity index is 0.00000240. The van der Waals surface area contributed by atoms with Crippen molar-refractivity contribution in [3.05, 3.63) is 11.6 Å². The average Bonchev–Trinajstić information content (AvgIpc) is 3.31. The minimum absolute atomic E-state index is 0. The number of carbonyl (C=O) groups excluding carboxylic acids is 1. The molecule has 1 aliphatic heterocycles. The highest BCUT2D eigenvalue weighted by atomic mass is 127. The number of aliphatic imine (C=N–C) groups is 1. The predicted octanol–water partition coefficient (Wildman–Crippen LogP) is 2.12. The van der Waals surface area contributed by atoms with Crippen LogP contribution < -0.4 is 10.6 Å². The Bertz CT molecular complexity index is 724. The minimum atomic E-state index is 0. The number of nitrogens with zero attached hydrogens (tertiary/aromatic N) is 5. The highest BCUT2D eigenvalue weighted by Crippen LogP contribution is 2.27. The summed E-state index contributed by atoms with van der Waals surface area (Å²) in [5.74, 6) is 3.20. The second kappa shape index (κ2) is 10.1. The number of rotatable bonds is 5. The Hall–Kier alpha value is -1.39. The van der Waals surface area contributed by atoms with Crippen LogP contribution in [0.5, 0.6) is 0 Å². The summed E-state index contributed by atoms with van der Waals surface area (Å²) in [5, 5.41) is 15.4. The molecule has 4 rings (SSSR count). The van der Waals surface area contributed by atoms with Crippen molar-refractivity contribution < 1.29 is 4.79 Å². The summed E-state index contributed by atoms with van der Waals surface area (Å²) in [6, 6.07) is 0.785. The Labute approximate surface area is 190 Å². The van der Waals surface area contributed by atoms with Crippen LogP contribution in [0.3, 0.4) is 0 Å². The maximum Gasteiger partial charge on any atom is 0.225 e. The number of aromatic nitrogens is 3. The third-order valence-electron chi connectivity index (χ3n) is 6.27. The van der Waals surface area contributed by atoms with Crippen LogP contribution >= 0.6 is 24.0 Å². The number of carbonyl (C=O) groups is 1. The molecule has 3 fully saturated rings. The molecule has 1 aromatic heterocycles. The fraction of sp³-hybridized carbons (Fsp3) is 0.800. The van der Waals surface area contributed by atoms with Crippen LogP contribution in [-0.2, 0) is 18.4 Å². The summed E-state index contributed by atoms with van der Waals surface area (Å²) in [5.41, 5.74) is 0. The molecule has 1 amide bonds. The number of hydrogen-bond acceptors (Lipinski definition) is 4. The van der Waals surface area contributed by atoms with Crippen LogP contribution in [0, 0.1) is 12.8 Å². The zero-order chi connectivity index (χ0) is 19.5. The molecule has 2 N–H and O–H groups in total. The summed E-state index contributed by atoms with van der Waals surface area (Å²) in [7, 11) is 1.97. The molecule has 29 heavy (non-hydrogen) atoms. The summed E-state index contributed by atoms with van der Waals surface area (Å²) in [6.45, 7) is 4.07. The van der Waals surface area contributed by atoms with Gasteiger partial charge < -0.3 is 20.1 Å². The third kappa shape index (κ3) is 5.82. The van der Waals surface area contributed by atoms with Gasteiger partial charge in [0.25, 0.3) is 0 Å². The van der Waals surface area contributed by atoms with Gasteiger partial charge in [0.05, 0.1) is 0 Å². The summed E-state index contributed by atoms with van der Waals surface area (Å²) >= 11 is 0. The Morgan fingerprint density at radius 1 is 1.07 bits per heavy atom. The van der Waals surface area contributed by atoms with E-state index in [1.54, 1.807) is 0 Å². The second-order valence-corrected chi connectivity index (χ2v) is 8.56. The number of halogens is 1. The van der Waals surface area contributed by atoms with E-state index in [4.69, 9.17) is 4.99 Å². The maximum absolute atomic E-state index is 12.8. The average molecular weight is 515 g/mol. The van der Waals surface area contributed by atoms with Crippen molar-refractivity contribution in [3.63, 3.8) is 0 Å². The largest absolute Gasteiger partial charge is 0.354 e. The number of guanidine groups is 1. The minimum Gasteiger partial charge on any atom is -0.354 e. The fourth-order valence-corrected chi connectivity index (χ4v) is 4.17. The third-order valence-corrected chi connectivity index (χ3v) is 6.27. The van der Waals surface area contributed by atoms with Crippen molar-refractivity contribution in [2.75, 3.05) is 13.1 Å². The van der Waals surface area contributed by atoms with Crippen molar-refractivity contribution in [1.29, 1.82) is 0 Å². The van der Waals surface area contributed by atoms with Gasteiger partial charge in [0, 0.05) is 38.1 Å². The topological polar surface area (TPSA) is 87.4 Å². The molecule has 162 valence electrons. The number of likely N-dealkylation sites (tertiary alicyclic amines) is 1. The molecule has 0 spiro atoms. The first kappa shape index (κ1) is 22.3. The van der Waals surface area contributed by atoms with Crippen molar-refractivity contribution in [2.45, 2.75) is 76.9 Å². The Kier molecular flexibility index (Phi) is 7.75. The molecule has 2 saturated carbocycles. The lowest BCUT2D eigenvalue weighted by atomic mass is 9.88. The molecule has 0 radical (unpaired) electrons. The van der Waals surface area contributed by atoms with Gasteiger partial charge in [-0.15, -0.1) is 34.2 Å². The monoisotopic (exact) mass is 515 g/mol. The van der Waals surface area contributed by atoms with Gasteiger partial charge >= 0.3 is 0 Å². The molecule has 1 saturated heterocycles. The first-order chi connectivity index (χ1) is 13.6. The molecule has 9 heteroatoms. The zero-order valence-corrected chi connectivity index (χ0v) is 19.9. The van der Waals surface area contributed by atoms with E-state index in [9.17, 15) is 4.79 Å². The van der Waals surface area contributed by atoms with Gasteiger partial charge in [0.15, 0.2) is 11.8 Å². The molecule has 8 nitrogen and oxygen atoms in total. The lowest BCUT2D eigenvalue weighted by molar-refractivity contribution is -0.135. The van der Waals surface area contributed by atoms with E-state index in [0.717, 1.165) is 50.0 Å². The Morgan fingerprint density at radius 3 is 2.45 bits per heavy atom. The van der Waals surface area contributed by atoms with Gasteiger partial charge in [-0.25, -0.2) is 4.99 Å². The quantitative estimate of drug-likeness (QED) is 0.357. The summed E-state index contributed by atoms with van der Waals surface area (Å²) in [4.78, 5) is 19.6. The molecule has 0 aromatic carbocycles. The van der Waals surface area contributed by atoms with Crippen molar-refractivity contribution >= 4 is 35.8 Å². The van der Waals surface area contributed by atoms with E-state index in [1.165, 1.54) is 32.1 Å². The normalized spacial score (nSPS) is 23.0. The highest BCUT2D eigenvalue weighted by molar-refractivity contribution is 14.0. The van der Waals surface area contributed by atoms with Crippen LogP contribution in [0.25, 0.3) is 0 Å². The van der Waals surface area contributed by atoms with Gasteiger partial charge in [0.1, 0.15) is 12.4 Å². The molecule has 1 atom stereocenters. The molecular weight excluding hydrogens is 481 g/mol. The first-order valence-electron chi connectivity index (χ1n) is 10.8. The van der Waals surface area contributed by atoms with Gasteiger partial charge in [-0.2, -0.15) is 0 Å².